The molecule has 0 aliphatic carbocycles. The van der Waals surface area contributed by atoms with E-state index in [2.05, 4.69) is 4.98 Å². The van der Waals surface area contributed by atoms with Gasteiger partial charge in [0.05, 0.1) is 39.9 Å². The van der Waals surface area contributed by atoms with Crippen LogP contribution in [0.1, 0.15) is 10.6 Å². The summed E-state index contributed by atoms with van der Waals surface area (Å²) in [5.41, 5.74) is 1.60. The number of carbonyl (C=O) groups excluding carboxylic acids is 1. The number of hydrogen-bond donors (Lipinski definition) is 0. The molecule has 30 heavy (non-hydrogen) atoms. The SMILES string of the molecule is Cc1nc2ccc(S(=O)(=O)N(CC(=O)N3CCOCC3)Cc3ccccc3)cc2s1. The monoisotopic (exact) mass is 445 g/mol. The second-order valence-corrected chi connectivity index (χ2v) is 10.3. The average Bonchev–Trinajstić information content (AvgIpc) is 3.13. The van der Waals surface area contributed by atoms with Gasteiger partial charge >= 0.3 is 0 Å². The lowest BCUT2D eigenvalue weighted by Crippen LogP contribution is -2.46. The molecule has 1 aliphatic rings. The molecule has 0 unspecified atom stereocenters. The quantitative estimate of drug-likeness (QED) is 0.583. The molecule has 4 rings (SSSR count). The smallest absolute Gasteiger partial charge is 0.243 e. The molecule has 1 amide bonds. The molecule has 3 aromatic rings. The van der Waals surface area contributed by atoms with Crippen molar-refractivity contribution in [3.05, 3.63) is 59.1 Å². The van der Waals surface area contributed by atoms with Crippen molar-refractivity contribution in [1.82, 2.24) is 14.2 Å². The van der Waals surface area contributed by atoms with Crippen molar-refractivity contribution < 1.29 is 17.9 Å². The van der Waals surface area contributed by atoms with Gasteiger partial charge in [0.15, 0.2) is 0 Å². The number of hydrogen-bond acceptors (Lipinski definition) is 6. The van der Waals surface area contributed by atoms with Gasteiger partial charge in [-0.2, -0.15) is 4.31 Å². The summed E-state index contributed by atoms with van der Waals surface area (Å²) in [6.07, 6.45) is 0. The van der Waals surface area contributed by atoms with Crippen molar-refractivity contribution in [2.75, 3.05) is 32.8 Å². The molecule has 1 saturated heterocycles. The van der Waals surface area contributed by atoms with Crippen LogP contribution < -0.4 is 0 Å². The van der Waals surface area contributed by atoms with Gasteiger partial charge in [-0.1, -0.05) is 30.3 Å². The minimum absolute atomic E-state index is 0.124. The lowest BCUT2D eigenvalue weighted by Gasteiger charge is -2.29. The summed E-state index contributed by atoms with van der Waals surface area (Å²) in [6, 6.07) is 14.2. The third-order valence-corrected chi connectivity index (χ3v) is 7.70. The predicted octanol–water partition coefficient (Wildman–Crippen LogP) is 2.65. The zero-order valence-corrected chi connectivity index (χ0v) is 18.3. The molecule has 0 bridgehead atoms. The highest BCUT2D eigenvalue weighted by atomic mass is 32.2. The molecule has 9 heteroatoms. The summed E-state index contributed by atoms with van der Waals surface area (Å²) in [7, 11) is -3.88. The molecule has 0 atom stereocenters. The first-order chi connectivity index (χ1) is 14.4. The Morgan fingerprint density at radius 3 is 2.63 bits per heavy atom. The van der Waals surface area contributed by atoms with Crippen molar-refractivity contribution in [3.8, 4) is 0 Å². The van der Waals surface area contributed by atoms with Gasteiger partial charge < -0.3 is 9.64 Å². The number of benzene rings is 2. The van der Waals surface area contributed by atoms with Gasteiger partial charge in [-0.05, 0) is 30.7 Å². The number of sulfonamides is 1. The van der Waals surface area contributed by atoms with E-state index < -0.39 is 10.0 Å². The molecule has 1 fully saturated rings. The van der Waals surface area contributed by atoms with Crippen LogP contribution in [0.3, 0.4) is 0 Å². The third kappa shape index (κ3) is 4.54. The van der Waals surface area contributed by atoms with Crippen molar-refractivity contribution in [2.45, 2.75) is 18.4 Å². The highest BCUT2D eigenvalue weighted by molar-refractivity contribution is 7.89. The molecular formula is C21H23N3O4S2. The highest BCUT2D eigenvalue weighted by Gasteiger charge is 2.29. The number of rotatable bonds is 6. The van der Waals surface area contributed by atoms with E-state index in [-0.39, 0.29) is 23.9 Å². The minimum atomic E-state index is -3.88. The van der Waals surface area contributed by atoms with Gasteiger partial charge in [-0.15, -0.1) is 11.3 Å². The Morgan fingerprint density at radius 2 is 1.90 bits per heavy atom. The van der Waals surface area contributed by atoms with Crippen LogP contribution in [0.4, 0.5) is 0 Å². The Balaban J connectivity index is 1.65. The first-order valence-corrected chi connectivity index (χ1v) is 12.0. The van der Waals surface area contributed by atoms with Crippen LogP contribution in [0.25, 0.3) is 10.2 Å². The van der Waals surface area contributed by atoms with E-state index in [1.807, 2.05) is 37.3 Å². The van der Waals surface area contributed by atoms with Crippen molar-refractivity contribution in [2.24, 2.45) is 0 Å². The first-order valence-electron chi connectivity index (χ1n) is 9.70. The summed E-state index contributed by atoms with van der Waals surface area (Å²) >= 11 is 1.45. The molecule has 0 saturated carbocycles. The molecule has 1 aliphatic heterocycles. The van der Waals surface area contributed by atoms with Crippen LogP contribution in [0.5, 0.6) is 0 Å². The van der Waals surface area contributed by atoms with Gasteiger partial charge in [0, 0.05) is 19.6 Å². The fourth-order valence-electron chi connectivity index (χ4n) is 3.41. The molecule has 0 spiro atoms. The van der Waals surface area contributed by atoms with E-state index >= 15 is 0 Å². The second-order valence-electron chi connectivity index (χ2n) is 7.11. The van der Waals surface area contributed by atoms with Crippen LogP contribution >= 0.6 is 11.3 Å². The lowest BCUT2D eigenvalue weighted by molar-refractivity contribution is -0.135. The number of ether oxygens (including phenoxy) is 1. The van der Waals surface area contributed by atoms with Gasteiger partial charge in [-0.25, -0.2) is 13.4 Å². The Labute approximate surface area is 179 Å². The number of fused-ring (bicyclic) bond motifs is 1. The van der Waals surface area contributed by atoms with Crippen molar-refractivity contribution >= 4 is 37.5 Å². The molecule has 7 nitrogen and oxygen atoms in total. The summed E-state index contributed by atoms with van der Waals surface area (Å²) in [6.45, 7) is 3.70. The fourth-order valence-corrected chi connectivity index (χ4v) is 5.75. The Kier molecular flexibility index (Phi) is 6.14. The molecular weight excluding hydrogens is 422 g/mol. The second kappa shape index (κ2) is 8.81. The average molecular weight is 446 g/mol. The van der Waals surface area contributed by atoms with Gasteiger partial charge in [0.1, 0.15) is 0 Å². The van der Waals surface area contributed by atoms with Gasteiger partial charge in [0.2, 0.25) is 15.9 Å². The first kappa shape index (κ1) is 20.9. The number of morpholine rings is 1. The Morgan fingerprint density at radius 1 is 1.17 bits per heavy atom. The molecule has 0 N–H and O–H groups in total. The molecule has 2 heterocycles. The van der Waals surface area contributed by atoms with Gasteiger partial charge in [0.25, 0.3) is 0 Å². The molecule has 0 radical (unpaired) electrons. The van der Waals surface area contributed by atoms with Crippen LogP contribution in [-0.2, 0) is 26.1 Å². The number of carbonyl (C=O) groups is 1. The van der Waals surface area contributed by atoms with E-state index in [9.17, 15) is 13.2 Å². The molecule has 158 valence electrons. The summed E-state index contributed by atoms with van der Waals surface area (Å²) < 4.78 is 34.4. The van der Waals surface area contributed by atoms with E-state index in [1.54, 1.807) is 23.1 Å². The zero-order chi connectivity index (χ0) is 21.1. The summed E-state index contributed by atoms with van der Waals surface area (Å²) in [4.78, 5) is 19.1. The maximum Gasteiger partial charge on any atom is 0.243 e. The third-order valence-electron chi connectivity index (χ3n) is 4.98. The topological polar surface area (TPSA) is 79.8 Å². The van der Waals surface area contributed by atoms with E-state index in [4.69, 9.17) is 4.74 Å². The largest absolute Gasteiger partial charge is 0.378 e. The van der Waals surface area contributed by atoms with Crippen LogP contribution in [0, 0.1) is 6.92 Å². The van der Waals surface area contributed by atoms with E-state index in [0.717, 1.165) is 20.8 Å². The van der Waals surface area contributed by atoms with Crippen LogP contribution in [0.15, 0.2) is 53.4 Å². The maximum atomic E-state index is 13.5. The fraction of sp³-hybridized carbons (Fsp3) is 0.333. The number of nitrogens with zero attached hydrogens (tertiary/aromatic N) is 3. The summed E-state index contributed by atoms with van der Waals surface area (Å²) in [5, 5.41) is 0.878. The number of aromatic nitrogens is 1. The molecule has 1 aromatic heterocycles. The standard InChI is InChI=1S/C21H23N3O4S2/c1-16-22-19-8-7-18(13-20(19)29-16)30(26,27)24(14-17-5-3-2-4-6-17)15-21(25)23-9-11-28-12-10-23/h2-8,13H,9-12,14-15H2,1H3. The number of amides is 1. The highest BCUT2D eigenvalue weighted by Crippen LogP contribution is 2.27. The van der Waals surface area contributed by atoms with Gasteiger partial charge in [-0.3, -0.25) is 4.79 Å². The maximum absolute atomic E-state index is 13.5. The normalized spacial score (nSPS) is 15.1. The zero-order valence-electron chi connectivity index (χ0n) is 16.7. The van der Waals surface area contributed by atoms with E-state index in [0.29, 0.717) is 26.3 Å². The number of aryl methyl sites for hydroxylation is 1. The van der Waals surface area contributed by atoms with Crippen molar-refractivity contribution in [1.29, 1.82) is 0 Å². The lowest BCUT2D eigenvalue weighted by atomic mass is 10.2. The summed E-state index contributed by atoms with van der Waals surface area (Å²) in [5.74, 6) is -0.215. The Hall–Kier alpha value is -2.33. The number of thiazole rings is 1. The predicted molar refractivity (Wildman–Crippen MR) is 116 cm³/mol. The Bertz CT molecular complexity index is 1140. The van der Waals surface area contributed by atoms with Crippen LogP contribution in [-0.4, -0.2) is 61.4 Å². The van der Waals surface area contributed by atoms with Crippen LogP contribution in [0.2, 0.25) is 0 Å². The van der Waals surface area contributed by atoms with Crippen molar-refractivity contribution in [3.63, 3.8) is 0 Å². The van der Waals surface area contributed by atoms with E-state index in [1.165, 1.54) is 15.6 Å². The minimum Gasteiger partial charge on any atom is -0.378 e. The molecule has 2 aromatic carbocycles.